The van der Waals surface area contributed by atoms with Crippen molar-refractivity contribution in [1.29, 1.82) is 0 Å². The number of aryl methyl sites for hydroxylation is 1. The first-order valence-corrected chi connectivity index (χ1v) is 7.19. The Labute approximate surface area is 121 Å². The van der Waals surface area contributed by atoms with Crippen molar-refractivity contribution < 1.29 is 14.1 Å². The summed E-state index contributed by atoms with van der Waals surface area (Å²) in [7, 11) is 3.27. The molecule has 0 N–H and O–H groups in total. The van der Waals surface area contributed by atoms with Crippen molar-refractivity contribution >= 4 is 17.3 Å². The van der Waals surface area contributed by atoms with E-state index < -0.39 is 0 Å². The van der Waals surface area contributed by atoms with E-state index in [1.807, 2.05) is 29.5 Å². The van der Waals surface area contributed by atoms with Crippen LogP contribution in [0.5, 0.6) is 0 Å². The molecule has 0 saturated carbocycles. The van der Waals surface area contributed by atoms with Crippen LogP contribution in [0.2, 0.25) is 0 Å². The molecule has 0 aliphatic rings. The van der Waals surface area contributed by atoms with Gasteiger partial charge in [-0.3, -0.25) is 9.69 Å². The monoisotopic (exact) mass is 295 g/mol. The van der Waals surface area contributed by atoms with Crippen LogP contribution >= 0.6 is 11.3 Å². The smallest absolute Gasteiger partial charge is 0.319 e. The quantitative estimate of drug-likeness (QED) is 0.726. The molecule has 0 amide bonds. The van der Waals surface area contributed by atoms with Crippen molar-refractivity contribution in [3.63, 3.8) is 0 Å². The molecule has 0 aromatic carbocycles. The summed E-state index contributed by atoms with van der Waals surface area (Å²) in [6, 6.07) is 3.92. The van der Waals surface area contributed by atoms with Crippen LogP contribution in [-0.4, -0.2) is 48.3 Å². The standard InChI is InChI=1S/C13H17N3O3S/c1-16(9-12(17)18-2)7-3-6-11-14-13(15-19-11)10-5-4-8-20-10/h4-5,8H,3,6-7,9H2,1-2H3. The number of carbonyl (C=O) groups is 1. The lowest BCUT2D eigenvalue weighted by atomic mass is 10.3. The number of likely N-dealkylation sites (N-methyl/N-ethyl adjacent to an activating group) is 1. The Bertz CT molecular complexity index is 539. The van der Waals surface area contributed by atoms with Crippen molar-refractivity contribution in [2.24, 2.45) is 0 Å². The topological polar surface area (TPSA) is 68.5 Å². The van der Waals surface area contributed by atoms with Crippen molar-refractivity contribution in [2.45, 2.75) is 12.8 Å². The van der Waals surface area contributed by atoms with Crippen LogP contribution in [0, 0.1) is 0 Å². The fourth-order valence-electron chi connectivity index (χ4n) is 1.73. The number of esters is 1. The third-order valence-corrected chi connectivity index (χ3v) is 3.63. The molecule has 2 aromatic heterocycles. The molecule has 0 spiro atoms. The van der Waals surface area contributed by atoms with Crippen molar-refractivity contribution in [3.8, 4) is 10.7 Å². The first kappa shape index (κ1) is 14.7. The van der Waals surface area contributed by atoms with Gasteiger partial charge in [-0.05, 0) is 31.5 Å². The molecule has 0 bridgehead atoms. The molecule has 0 radical (unpaired) electrons. The van der Waals surface area contributed by atoms with E-state index in [0.717, 1.165) is 17.8 Å². The van der Waals surface area contributed by atoms with Gasteiger partial charge in [0.15, 0.2) is 0 Å². The summed E-state index contributed by atoms with van der Waals surface area (Å²) in [5.41, 5.74) is 0. The lowest BCUT2D eigenvalue weighted by Gasteiger charge is -2.13. The van der Waals surface area contributed by atoms with Crippen LogP contribution in [0.4, 0.5) is 0 Å². The minimum atomic E-state index is -0.231. The zero-order valence-electron chi connectivity index (χ0n) is 11.5. The SMILES string of the molecule is COC(=O)CN(C)CCCc1nc(-c2cccs2)no1. The number of carbonyl (C=O) groups excluding carboxylic acids is 1. The Morgan fingerprint density at radius 1 is 1.55 bits per heavy atom. The second kappa shape index (κ2) is 7.16. The number of nitrogens with zero attached hydrogens (tertiary/aromatic N) is 3. The normalized spacial score (nSPS) is 10.9. The zero-order valence-corrected chi connectivity index (χ0v) is 12.4. The van der Waals surface area contributed by atoms with Crippen LogP contribution < -0.4 is 0 Å². The minimum absolute atomic E-state index is 0.231. The molecule has 0 unspecified atom stereocenters. The van der Waals surface area contributed by atoms with Gasteiger partial charge in [0.2, 0.25) is 11.7 Å². The van der Waals surface area contributed by atoms with Crippen LogP contribution in [0.25, 0.3) is 10.7 Å². The highest BCUT2D eigenvalue weighted by molar-refractivity contribution is 7.13. The molecule has 0 fully saturated rings. The van der Waals surface area contributed by atoms with Crippen LogP contribution in [0.15, 0.2) is 22.0 Å². The first-order valence-electron chi connectivity index (χ1n) is 6.31. The van der Waals surface area contributed by atoms with Crippen LogP contribution in [-0.2, 0) is 16.0 Å². The summed E-state index contributed by atoms with van der Waals surface area (Å²) in [5, 5.41) is 5.93. The van der Waals surface area contributed by atoms with E-state index in [-0.39, 0.29) is 5.97 Å². The molecular weight excluding hydrogens is 278 g/mol. The highest BCUT2D eigenvalue weighted by Gasteiger charge is 2.10. The van der Waals surface area contributed by atoms with Crippen molar-refractivity contribution in [1.82, 2.24) is 15.0 Å². The van der Waals surface area contributed by atoms with Crippen LogP contribution in [0.1, 0.15) is 12.3 Å². The maximum atomic E-state index is 11.1. The van der Waals surface area contributed by atoms with E-state index in [9.17, 15) is 4.79 Å². The summed E-state index contributed by atoms with van der Waals surface area (Å²) >= 11 is 1.58. The maximum absolute atomic E-state index is 11.1. The number of ether oxygens (including phenoxy) is 1. The Hall–Kier alpha value is -1.73. The third-order valence-electron chi connectivity index (χ3n) is 2.77. The minimum Gasteiger partial charge on any atom is -0.468 e. The molecule has 0 aliphatic carbocycles. The van der Waals surface area contributed by atoms with Gasteiger partial charge in [0.25, 0.3) is 0 Å². The highest BCUT2D eigenvalue weighted by Crippen LogP contribution is 2.21. The fourth-order valence-corrected chi connectivity index (χ4v) is 2.38. The summed E-state index contributed by atoms with van der Waals surface area (Å²) < 4.78 is 9.82. The molecular formula is C13H17N3O3S. The van der Waals surface area contributed by atoms with E-state index in [1.54, 1.807) is 11.3 Å². The number of methoxy groups -OCH3 is 1. The Morgan fingerprint density at radius 3 is 3.10 bits per heavy atom. The molecule has 6 nitrogen and oxygen atoms in total. The van der Waals surface area contributed by atoms with E-state index >= 15 is 0 Å². The second-order valence-electron chi connectivity index (χ2n) is 4.41. The zero-order chi connectivity index (χ0) is 14.4. The number of thiophene rings is 1. The predicted octanol–water partition coefficient (Wildman–Crippen LogP) is 1.84. The van der Waals surface area contributed by atoms with Gasteiger partial charge in [-0.1, -0.05) is 11.2 Å². The molecule has 2 rings (SSSR count). The van der Waals surface area contributed by atoms with Gasteiger partial charge in [0.1, 0.15) is 0 Å². The van der Waals surface area contributed by atoms with Crippen LogP contribution in [0.3, 0.4) is 0 Å². The highest BCUT2D eigenvalue weighted by atomic mass is 32.1. The lowest BCUT2D eigenvalue weighted by Crippen LogP contribution is -2.27. The van der Waals surface area contributed by atoms with Gasteiger partial charge in [0, 0.05) is 6.42 Å². The molecule has 0 aliphatic heterocycles. The second-order valence-corrected chi connectivity index (χ2v) is 5.35. The number of hydrogen-bond acceptors (Lipinski definition) is 7. The predicted molar refractivity (Wildman–Crippen MR) is 75.4 cm³/mol. The fraction of sp³-hybridized carbons (Fsp3) is 0.462. The molecule has 7 heteroatoms. The average Bonchev–Trinajstić information content (AvgIpc) is 3.08. The largest absolute Gasteiger partial charge is 0.468 e. The van der Waals surface area contributed by atoms with Gasteiger partial charge >= 0.3 is 5.97 Å². The Kier molecular flexibility index (Phi) is 5.25. The molecule has 20 heavy (non-hydrogen) atoms. The summed E-state index contributed by atoms with van der Waals surface area (Å²) in [6.45, 7) is 1.06. The van der Waals surface area contributed by atoms with Crippen molar-refractivity contribution in [2.75, 3.05) is 27.2 Å². The van der Waals surface area contributed by atoms with Gasteiger partial charge in [0.05, 0.1) is 18.5 Å². The Morgan fingerprint density at radius 2 is 2.40 bits per heavy atom. The number of rotatable bonds is 7. The summed E-state index contributed by atoms with van der Waals surface area (Å²) in [5.74, 6) is 1.03. The van der Waals surface area contributed by atoms with E-state index in [4.69, 9.17) is 4.52 Å². The third kappa shape index (κ3) is 4.14. The molecule has 108 valence electrons. The maximum Gasteiger partial charge on any atom is 0.319 e. The van der Waals surface area contributed by atoms with E-state index in [0.29, 0.717) is 24.7 Å². The molecule has 0 atom stereocenters. The van der Waals surface area contributed by atoms with Gasteiger partial charge < -0.3 is 9.26 Å². The molecule has 0 saturated heterocycles. The van der Waals surface area contributed by atoms with E-state index in [2.05, 4.69) is 14.9 Å². The van der Waals surface area contributed by atoms with Gasteiger partial charge in [-0.25, -0.2) is 0 Å². The molecule has 2 heterocycles. The number of hydrogen-bond donors (Lipinski definition) is 0. The first-order chi connectivity index (χ1) is 9.69. The average molecular weight is 295 g/mol. The summed E-state index contributed by atoms with van der Waals surface area (Å²) in [4.78, 5) is 18.3. The molecule has 2 aromatic rings. The van der Waals surface area contributed by atoms with Gasteiger partial charge in [-0.2, -0.15) is 4.98 Å². The summed E-state index contributed by atoms with van der Waals surface area (Å²) in [6.07, 6.45) is 1.55. The Balaban J connectivity index is 1.76. The van der Waals surface area contributed by atoms with E-state index in [1.165, 1.54) is 7.11 Å². The number of aromatic nitrogens is 2. The van der Waals surface area contributed by atoms with Crippen molar-refractivity contribution in [3.05, 3.63) is 23.4 Å². The lowest BCUT2D eigenvalue weighted by molar-refractivity contribution is -0.141. The van der Waals surface area contributed by atoms with Gasteiger partial charge in [-0.15, -0.1) is 11.3 Å².